The number of nitrogens with one attached hydrogen (secondary N) is 1. The van der Waals surface area contributed by atoms with E-state index >= 15 is 0 Å². The maximum Gasteiger partial charge on any atom is 0.126 e. The predicted octanol–water partition coefficient (Wildman–Crippen LogP) is 2.55. The molecule has 0 aliphatic heterocycles. The summed E-state index contributed by atoms with van der Waals surface area (Å²) in [5, 5.41) is 9.41. The highest BCUT2D eigenvalue weighted by Crippen LogP contribution is 2.27. The molecular weight excluding hydrogens is 224 g/mol. The lowest BCUT2D eigenvalue weighted by atomic mass is 10.0. The monoisotopic (exact) mass is 236 g/mol. The van der Waals surface area contributed by atoms with E-state index in [2.05, 4.69) is 0 Å². The third-order valence-corrected chi connectivity index (χ3v) is 2.39. The van der Waals surface area contributed by atoms with Gasteiger partial charge in [0.15, 0.2) is 0 Å². The quantitative estimate of drug-likeness (QED) is 0.622. The number of methoxy groups -OCH3 is 1. The first-order chi connectivity index (χ1) is 7.24. The molecule has 0 atom stereocenters. The predicted molar refractivity (Wildman–Crippen MR) is 68.8 cm³/mol. The summed E-state index contributed by atoms with van der Waals surface area (Å²) in [5.74, 6) is 0.879. The molecule has 2 rings (SSSR count). The topological polar surface area (TPSA) is 59.1 Å². The number of ether oxygens (including phenoxy) is 1. The molecule has 3 N–H and O–H groups in total. The summed E-state index contributed by atoms with van der Waals surface area (Å²) in [4.78, 5) is 0. The van der Waals surface area contributed by atoms with Crippen LogP contribution in [0.5, 0.6) is 5.75 Å². The smallest absolute Gasteiger partial charge is 0.126 e. The van der Waals surface area contributed by atoms with Gasteiger partial charge in [-0.2, -0.15) is 0 Å². The van der Waals surface area contributed by atoms with E-state index in [4.69, 9.17) is 15.9 Å². The molecular formula is C12H13ClN2O. The molecule has 0 bridgehead atoms. The number of fused-ring (bicyclic) bond motifs is 1. The summed E-state index contributed by atoms with van der Waals surface area (Å²) >= 11 is 0. The minimum Gasteiger partial charge on any atom is -0.496 e. The number of halogens is 1. The fourth-order valence-electron chi connectivity index (χ4n) is 1.68. The van der Waals surface area contributed by atoms with Crippen LogP contribution in [0.2, 0.25) is 0 Å². The molecule has 0 fully saturated rings. The Kier molecular flexibility index (Phi) is 3.74. The van der Waals surface area contributed by atoms with Gasteiger partial charge < -0.3 is 10.5 Å². The van der Waals surface area contributed by atoms with Crippen LogP contribution in [0.3, 0.4) is 0 Å². The molecule has 4 heteroatoms. The van der Waals surface area contributed by atoms with Gasteiger partial charge in [-0.25, -0.2) is 0 Å². The van der Waals surface area contributed by atoms with E-state index in [-0.39, 0.29) is 18.2 Å². The SMILES string of the molecule is COc1ccc(C(=N)N)c2ccccc12.Cl. The van der Waals surface area contributed by atoms with Crippen LogP contribution < -0.4 is 10.5 Å². The minimum atomic E-state index is 0. The van der Waals surface area contributed by atoms with E-state index < -0.39 is 0 Å². The van der Waals surface area contributed by atoms with Gasteiger partial charge >= 0.3 is 0 Å². The van der Waals surface area contributed by atoms with E-state index in [9.17, 15) is 0 Å². The number of nitrogen functional groups attached to an aromatic ring is 1. The lowest BCUT2D eigenvalue weighted by molar-refractivity contribution is 0.420. The van der Waals surface area contributed by atoms with Crippen molar-refractivity contribution < 1.29 is 4.74 Å². The first-order valence-corrected chi connectivity index (χ1v) is 4.64. The van der Waals surface area contributed by atoms with E-state index in [1.165, 1.54) is 0 Å². The highest BCUT2D eigenvalue weighted by molar-refractivity contribution is 6.09. The number of hydrogen-bond donors (Lipinski definition) is 2. The second kappa shape index (κ2) is 4.86. The lowest BCUT2D eigenvalue weighted by Gasteiger charge is -2.08. The Balaban J connectivity index is 0.00000128. The zero-order valence-corrected chi connectivity index (χ0v) is 9.67. The van der Waals surface area contributed by atoms with Crippen LogP contribution in [0.25, 0.3) is 10.8 Å². The molecule has 0 saturated heterocycles. The van der Waals surface area contributed by atoms with E-state index in [1.54, 1.807) is 7.11 Å². The van der Waals surface area contributed by atoms with Gasteiger partial charge in [-0.3, -0.25) is 5.41 Å². The summed E-state index contributed by atoms with van der Waals surface area (Å²) in [6.45, 7) is 0. The lowest BCUT2D eigenvalue weighted by Crippen LogP contribution is -2.11. The molecule has 0 aliphatic rings. The van der Waals surface area contributed by atoms with Gasteiger partial charge in [0.2, 0.25) is 0 Å². The van der Waals surface area contributed by atoms with Crippen molar-refractivity contribution in [2.45, 2.75) is 0 Å². The Bertz CT molecular complexity index is 525. The van der Waals surface area contributed by atoms with Crippen molar-refractivity contribution in [2.24, 2.45) is 5.73 Å². The molecule has 0 amide bonds. The normalized spacial score (nSPS) is 9.56. The molecule has 84 valence electrons. The summed E-state index contributed by atoms with van der Waals surface area (Å²) in [7, 11) is 1.63. The Labute approximate surface area is 100 Å². The zero-order valence-electron chi connectivity index (χ0n) is 8.86. The first-order valence-electron chi connectivity index (χ1n) is 4.64. The van der Waals surface area contributed by atoms with Gasteiger partial charge in [-0.1, -0.05) is 24.3 Å². The first kappa shape index (κ1) is 12.3. The fourth-order valence-corrected chi connectivity index (χ4v) is 1.68. The Morgan fingerprint density at radius 1 is 1.12 bits per heavy atom. The average molecular weight is 237 g/mol. The van der Waals surface area contributed by atoms with Crippen LogP contribution in [-0.2, 0) is 0 Å². The van der Waals surface area contributed by atoms with Crippen LogP contribution in [-0.4, -0.2) is 12.9 Å². The highest BCUT2D eigenvalue weighted by atomic mass is 35.5. The Morgan fingerprint density at radius 2 is 1.75 bits per heavy atom. The maximum atomic E-state index is 7.48. The van der Waals surface area contributed by atoms with Gasteiger partial charge in [0.25, 0.3) is 0 Å². The molecule has 2 aromatic carbocycles. The second-order valence-electron chi connectivity index (χ2n) is 3.27. The fraction of sp³-hybridized carbons (Fsp3) is 0.0833. The van der Waals surface area contributed by atoms with Gasteiger partial charge in [0.05, 0.1) is 7.11 Å². The van der Waals surface area contributed by atoms with Crippen LogP contribution in [0.4, 0.5) is 0 Å². The standard InChI is InChI=1S/C12H12N2O.ClH/c1-15-11-7-6-10(12(13)14)8-4-2-3-5-9(8)11;/h2-7H,1H3,(H3,13,14);1H. The zero-order chi connectivity index (χ0) is 10.8. The number of nitrogens with two attached hydrogens (primary N) is 1. The van der Waals surface area contributed by atoms with Crippen molar-refractivity contribution in [2.75, 3.05) is 7.11 Å². The summed E-state index contributed by atoms with van der Waals surface area (Å²) in [6.07, 6.45) is 0. The Morgan fingerprint density at radius 3 is 2.31 bits per heavy atom. The molecule has 0 heterocycles. The number of rotatable bonds is 2. The maximum absolute atomic E-state index is 7.48. The molecule has 2 aromatic rings. The van der Waals surface area contributed by atoms with Crippen molar-refractivity contribution in [3.05, 3.63) is 42.0 Å². The number of amidine groups is 1. The molecule has 0 spiro atoms. The summed E-state index contributed by atoms with van der Waals surface area (Å²) in [6, 6.07) is 11.4. The summed E-state index contributed by atoms with van der Waals surface area (Å²) in [5.41, 5.74) is 6.26. The van der Waals surface area contributed by atoms with Gasteiger partial charge in [0.1, 0.15) is 11.6 Å². The molecule has 0 radical (unpaired) electrons. The highest BCUT2D eigenvalue weighted by Gasteiger charge is 2.06. The molecule has 0 aliphatic carbocycles. The Hall–Kier alpha value is -1.74. The van der Waals surface area contributed by atoms with Gasteiger partial charge in [0, 0.05) is 10.9 Å². The van der Waals surface area contributed by atoms with Crippen molar-refractivity contribution in [3.63, 3.8) is 0 Å². The molecule has 3 nitrogen and oxygen atoms in total. The van der Waals surface area contributed by atoms with Crippen molar-refractivity contribution >= 4 is 29.0 Å². The van der Waals surface area contributed by atoms with Crippen LogP contribution >= 0.6 is 12.4 Å². The second-order valence-corrected chi connectivity index (χ2v) is 3.27. The van der Waals surface area contributed by atoms with Crippen molar-refractivity contribution in [1.29, 1.82) is 5.41 Å². The molecule has 0 saturated carbocycles. The van der Waals surface area contributed by atoms with E-state index in [0.717, 1.165) is 22.1 Å². The van der Waals surface area contributed by atoms with Crippen LogP contribution in [0, 0.1) is 5.41 Å². The third kappa shape index (κ3) is 1.95. The molecule has 0 aromatic heterocycles. The van der Waals surface area contributed by atoms with Crippen LogP contribution in [0.15, 0.2) is 36.4 Å². The van der Waals surface area contributed by atoms with Crippen LogP contribution in [0.1, 0.15) is 5.56 Å². The molecule has 16 heavy (non-hydrogen) atoms. The summed E-state index contributed by atoms with van der Waals surface area (Å²) < 4.78 is 5.25. The molecule has 0 unspecified atom stereocenters. The number of benzene rings is 2. The van der Waals surface area contributed by atoms with Gasteiger partial charge in [-0.15, -0.1) is 12.4 Å². The van der Waals surface area contributed by atoms with E-state index in [1.807, 2.05) is 36.4 Å². The average Bonchev–Trinajstić information content (AvgIpc) is 2.27. The van der Waals surface area contributed by atoms with E-state index in [0.29, 0.717) is 0 Å². The van der Waals surface area contributed by atoms with Crippen molar-refractivity contribution in [3.8, 4) is 5.75 Å². The van der Waals surface area contributed by atoms with Crippen molar-refractivity contribution in [1.82, 2.24) is 0 Å². The minimum absolute atomic E-state index is 0. The van der Waals surface area contributed by atoms with Gasteiger partial charge in [-0.05, 0) is 17.5 Å². The number of hydrogen-bond acceptors (Lipinski definition) is 2. The largest absolute Gasteiger partial charge is 0.496 e. The third-order valence-electron chi connectivity index (χ3n) is 2.39.